The molecule has 2 aliphatic heterocycles. The molecule has 5 heteroatoms. The molecule has 0 radical (unpaired) electrons. The van der Waals surface area contributed by atoms with Crippen LogP contribution < -0.4 is 4.74 Å². The van der Waals surface area contributed by atoms with E-state index < -0.39 is 0 Å². The molecule has 0 saturated carbocycles. The molecule has 2 aliphatic rings. The molecule has 1 atom stereocenters. The van der Waals surface area contributed by atoms with Crippen molar-refractivity contribution in [3.8, 4) is 5.75 Å². The van der Waals surface area contributed by atoms with E-state index in [9.17, 15) is 4.79 Å². The van der Waals surface area contributed by atoms with Crippen molar-refractivity contribution in [2.45, 2.75) is 25.5 Å². The second-order valence-electron chi connectivity index (χ2n) is 5.95. The zero-order valence-electron chi connectivity index (χ0n) is 13.2. The van der Waals surface area contributed by atoms with Crippen molar-refractivity contribution >= 4 is 5.91 Å². The first kappa shape index (κ1) is 15.3. The van der Waals surface area contributed by atoms with Gasteiger partial charge in [0.2, 0.25) is 0 Å². The van der Waals surface area contributed by atoms with Crippen molar-refractivity contribution in [3.05, 3.63) is 29.8 Å². The van der Waals surface area contributed by atoms with Gasteiger partial charge in [0.15, 0.2) is 0 Å². The van der Waals surface area contributed by atoms with Gasteiger partial charge in [-0.2, -0.15) is 0 Å². The Kier molecular flexibility index (Phi) is 4.95. The number of amides is 1. The monoisotopic (exact) mass is 304 g/mol. The van der Waals surface area contributed by atoms with Crippen LogP contribution in [0, 0.1) is 0 Å². The first-order chi connectivity index (χ1) is 10.8. The molecule has 0 aliphatic carbocycles. The van der Waals surface area contributed by atoms with Crippen molar-refractivity contribution < 1.29 is 14.3 Å². The number of benzene rings is 1. The third-order valence-corrected chi connectivity index (χ3v) is 4.43. The minimum Gasteiger partial charge on any atom is -0.497 e. The number of carbonyl (C=O) groups is 1. The molecule has 2 fully saturated rings. The summed E-state index contributed by atoms with van der Waals surface area (Å²) in [5.74, 6) is 1.07. The van der Waals surface area contributed by atoms with Crippen LogP contribution in [0.1, 0.15) is 18.4 Å². The molecule has 1 unspecified atom stereocenters. The maximum atomic E-state index is 12.3. The lowest BCUT2D eigenvalue weighted by Crippen LogP contribution is -2.51. The Labute approximate surface area is 131 Å². The van der Waals surface area contributed by atoms with Crippen molar-refractivity contribution in [1.82, 2.24) is 9.80 Å². The summed E-state index contributed by atoms with van der Waals surface area (Å²) in [4.78, 5) is 16.7. The number of piperazine rings is 1. The van der Waals surface area contributed by atoms with E-state index in [1.165, 1.54) is 5.56 Å². The number of carbonyl (C=O) groups excluding carboxylic acids is 1. The normalized spacial score (nSPS) is 22.8. The van der Waals surface area contributed by atoms with Crippen molar-refractivity contribution in [2.75, 3.05) is 39.9 Å². The van der Waals surface area contributed by atoms with Gasteiger partial charge in [-0.15, -0.1) is 0 Å². The average molecular weight is 304 g/mol. The number of methoxy groups -OCH3 is 1. The Morgan fingerprint density at radius 1 is 1.32 bits per heavy atom. The first-order valence-corrected chi connectivity index (χ1v) is 8.02. The number of rotatable bonds is 4. The molecule has 0 N–H and O–H groups in total. The van der Waals surface area contributed by atoms with Crippen molar-refractivity contribution in [1.29, 1.82) is 0 Å². The van der Waals surface area contributed by atoms with Crippen LogP contribution in [-0.4, -0.2) is 61.7 Å². The minimum atomic E-state index is -0.190. The number of hydrogen-bond donors (Lipinski definition) is 0. The van der Waals surface area contributed by atoms with E-state index >= 15 is 0 Å². The molecule has 0 bridgehead atoms. The molecule has 1 aromatic carbocycles. The summed E-state index contributed by atoms with van der Waals surface area (Å²) in [5.41, 5.74) is 1.25. The topological polar surface area (TPSA) is 42.0 Å². The fourth-order valence-corrected chi connectivity index (χ4v) is 3.13. The van der Waals surface area contributed by atoms with Gasteiger partial charge in [-0.05, 0) is 30.5 Å². The molecule has 2 saturated heterocycles. The highest BCUT2D eigenvalue weighted by molar-refractivity contribution is 5.81. The van der Waals surface area contributed by atoms with Gasteiger partial charge < -0.3 is 14.4 Å². The average Bonchev–Trinajstić information content (AvgIpc) is 3.09. The van der Waals surface area contributed by atoms with Gasteiger partial charge in [-0.3, -0.25) is 9.69 Å². The molecule has 0 spiro atoms. The molecule has 1 aromatic rings. The van der Waals surface area contributed by atoms with Gasteiger partial charge in [-0.25, -0.2) is 0 Å². The second-order valence-corrected chi connectivity index (χ2v) is 5.95. The van der Waals surface area contributed by atoms with E-state index in [1.807, 2.05) is 17.0 Å². The van der Waals surface area contributed by atoms with Gasteiger partial charge in [0.05, 0.1) is 7.11 Å². The molecule has 2 heterocycles. The van der Waals surface area contributed by atoms with Crippen LogP contribution >= 0.6 is 0 Å². The molecular formula is C17H24N2O3. The Balaban J connectivity index is 1.49. The third-order valence-electron chi connectivity index (χ3n) is 4.43. The SMILES string of the molecule is COc1cccc(CN2CCN(C(=O)C3CCCO3)CC2)c1. The molecule has 120 valence electrons. The molecule has 22 heavy (non-hydrogen) atoms. The summed E-state index contributed by atoms with van der Waals surface area (Å²) in [6, 6.07) is 8.17. The van der Waals surface area contributed by atoms with E-state index in [0.29, 0.717) is 0 Å². The predicted octanol–water partition coefficient (Wildman–Crippen LogP) is 1.52. The summed E-state index contributed by atoms with van der Waals surface area (Å²) < 4.78 is 10.8. The van der Waals surface area contributed by atoms with E-state index in [-0.39, 0.29) is 12.0 Å². The van der Waals surface area contributed by atoms with Gasteiger partial charge in [0.25, 0.3) is 5.91 Å². The highest BCUT2D eigenvalue weighted by Crippen LogP contribution is 2.18. The predicted molar refractivity (Wildman–Crippen MR) is 83.8 cm³/mol. The van der Waals surface area contributed by atoms with Gasteiger partial charge >= 0.3 is 0 Å². The minimum absolute atomic E-state index is 0.179. The van der Waals surface area contributed by atoms with E-state index in [1.54, 1.807) is 7.11 Å². The maximum Gasteiger partial charge on any atom is 0.251 e. The summed E-state index contributed by atoms with van der Waals surface area (Å²) >= 11 is 0. The fraction of sp³-hybridized carbons (Fsp3) is 0.588. The van der Waals surface area contributed by atoms with Crippen molar-refractivity contribution in [3.63, 3.8) is 0 Å². The largest absolute Gasteiger partial charge is 0.497 e. The summed E-state index contributed by atoms with van der Waals surface area (Å²) in [7, 11) is 1.69. The van der Waals surface area contributed by atoms with Crippen LogP contribution in [0.4, 0.5) is 0 Å². The lowest BCUT2D eigenvalue weighted by Gasteiger charge is -2.35. The Morgan fingerprint density at radius 2 is 2.14 bits per heavy atom. The molecule has 1 amide bonds. The standard InChI is InChI=1S/C17H24N2O3/c1-21-15-5-2-4-14(12-15)13-18-7-9-19(10-8-18)17(20)16-6-3-11-22-16/h2,4-5,12,16H,3,6-11,13H2,1H3. The van der Waals surface area contributed by atoms with E-state index in [2.05, 4.69) is 17.0 Å². The van der Waals surface area contributed by atoms with Crippen LogP contribution in [0.5, 0.6) is 5.75 Å². The van der Waals surface area contributed by atoms with Gasteiger partial charge in [-0.1, -0.05) is 12.1 Å². The lowest BCUT2D eigenvalue weighted by molar-refractivity contribution is -0.142. The second kappa shape index (κ2) is 7.11. The van der Waals surface area contributed by atoms with Gasteiger partial charge in [0, 0.05) is 39.3 Å². The maximum absolute atomic E-state index is 12.3. The molecule has 3 rings (SSSR count). The smallest absolute Gasteiger partial charge is 0.251 e. The Bertz CT molecular complexity index is 506. The highest BCUT2D eigenvalue weighted by Gasteiger charge is 2.30. The van der Waals surface area contributed by atoms with Crippen LogP contribution in [0.2, 0.25) is 0 Å². The Morgan fingerprint density at radius 3 is 2.82 bits per heavy atom. The van der Waals surface area contributed by atoms with E-state index in [4.69, 9.17) is 9.47 Å². The van der Waals surface area contributed by atoms with Crippen molar-refractivity contribution in [2.24, 2.45) is 0 Å². The molecule has 0 aromatic heterocycles. The first-order valence-electron chi connectivity index (χ1n) is 8.02. The summed E-state index contributed by atoms with van der Waals surface area (Å²) in [6.45, 7) is 5.04. The Hall–Kier alpha value is -1.59. The van der Waals surface area contributed by atoms with Gasteiger partial charge in [0.1, 0.15) is 11.9 Å². The highest BCUT2D eigenvalue weighted by atomic mass is 16.5. The molecule has 5 nitrogen and oxygen atoms in total. The van der Waals surface area contributed by atoms with Crippen LogP contribution in [0.25, 0.3) is 0 Å². The van der Waals surface area contributed by atoms with E-state index in [0.717, 1.165) is 57.9 Å². The zero-order valence-corrected chi connectivity index (χ0v) is 13.2. The van der Waals surface area contributed by atoms with Crippen LogP contribution in [0.15, 0.2) is 24.3 Å². The van der Waals surface area contributed by atoms with Crippen LogP contribution in [-0.2, 0) is 16.1 Å². The molecular weight excluding hydrogens is 280 g/mol. The number of nitrogens with zero attached hydrogens (tertiary/aromatic N) is 2. The summed E-state index contributed by atoms with van der Waals surface area (Å²) in [5, 5.41) is 0. The fourth-order valence-electron chi connectivity index (χ4n) is 3.13. The zero-order chi connectivity index (χ0) is 15.4. The third kappa shape index (κ3) is 3.59. The quantitative estimate of drug-likeness (QED) is 0.846. The number of ether oxygens (including phenoxy) is 2. The van der Waals surface area contributed by atoms with Crippen LogP contribution in [0.3, 0.4) is 0 Å². The number of hydrogen-bond acceptors (Lipinski definition) is 4. The lowest BCUT2D eigenvalue weighted by atomic mass is 10.1. The summed E-state index contributed by atoms with van der Waals surface area (Å²) in [6.07, 6.45) is 1.69.